The lowest BCUT2D eigenvalue weighted by Crippen LogP contribution is -2.49. The Labute approximate surface area is 274 Å². The maximum Gasteiger partial charge on any atom is 0.255 e. The molecule has 0 aliphatic carbocycles. The number of hydrogen-bond donors (Lipinski definition) is 3. The minimum atomic E-state index is -0.172. The Bertz CT molecular complexity index is 1790. The first kappa shape index (κ1) is 31.5. The first-order chi connectivity index (χ1) is 23.0. The van der Waals surface area contributed by atoms with Crippen LogP contribution >= 0.6 is 0 Å². The molecular weight excluding hydrogens is 592 g/mol. The highest BCUT2D eigenvalue weighted by Crippen LogP contribution is 2.42. The molecule has 240 valence electrons. The number of anilines is 2. The van der Waals surface area contributed by atoms with Gasteiger partial charge in [0.15, 0.2) is 0 Å². The fraction of sp³-hybridized carbons (Fsp3) is 0.270. The number of rotatable bonds is 4. The van der Waals surface area contributed by atoms with E-state index >= 15 is 0 Å². The third-order valence-corrected chi connectivity index (χ3v) is 9.20. The van der Waals surface area contributed by atoms with Gasteiger partial charge >= 0.3 is 0 Å². The molecule has 0 bridgehead atoms. The highest BCUT2D eigenvalue weighted by molar-refractivity contribution is 6.03. The van der Waals surface area contributed by atoms with Gasteiger partial charge in [0.1, 0.15) is 23.8 Å². The maximum absolute atomic E-state index is 12.5. The van der Waals surface area contributed by atoms with Gasteiger partial charge in [0.25, 0.3) is 11.8 Å². The Kier molecular flexibility index (Phi) is 9.00. The number of nitrogens with two attached hydrogens (primary N) is 1. The summed E-state index contributed by atoms with van der Waals surface area (Å²) in [5, 5.41) is 12.7. The molecule has 0 spiro atoms. The van der Waals surface area contributed by atoms with Crippen molar-refractivity contribution in [2.45, 2.75) is 37.6 Å². The molecule has 8 rings (SSSR count). The van der Waals surface area contributed by atoms with Crippen LogP contribution in [0.5, 0.6) is 11.5 Å². The lowest BCUT2D eigenvalue weighted by molar-refractivity contribution is 0.0917. The van der Waals surface area contributed by atoms with Crippen LogP contribution in [-0.4, -0.2) is 39.1 Å². The Hall–Kier alpha value is -5.53. The summed E-state index contributed by atoms with van der Waals surface area (Å²) >= 11 is 0. The van der Waals surface area contributed by atoms with Gasteiger partial charge in [-0.05, 0) is 77.9 Å². The minimum Gasteiger partial charge on any atom is -0.497 e. The number of carbonyl (C=O) groups excluding carboxylic acids is 2. The van der Waals surface area contributed by atoms with Crippen LogP contribution in [0, 0.1) is 11.8 Å². The topological polar surface area (TPSA) is 133 Å². The van der Waals surface area contributed by atoms with Gasteiger partial charge in [-0.3, -0.25) is 9.59 Å². The van der Waals surface area contributed by atoms with Crippen molar-refractivity contribution in [2.75, 3.05) is 37.1 Å². The highest BCUT2D eigenvalue weighted by atomic mass is 16.5. The molecule has 0 unspecified atom stereocenters. The molecule has 47 heavy (non-hydrogen) atoms. The van der Waals surface area contributed by atoms with E-state index in [1.807, 2.05) is 78.9 Å². The van der Waals surface area contributed by atoms with Crippen molar-refractivity contribution in [1.82, 2.24) is 10.6 Å². The lowest BCUT2D eigenvalue weighted by atomic mass is 9.90. The van der Waals surface area contributed by atoms with Crippen molar-refractivity contribution in [3.63, 3.8) is 0 Å². The molecular formula is C37H38N6O4. The predicted octanol–water partition coefficient (Wildman–Crippen LogP) is 5.38. The summed E-state index contributed by atoms with van der Waals surface area (Å²) in [6.07, 6.45) is 2.75. The zero-order valence-electron chi connectivity index (χ0n) is 26.5. The smallest absolute Gasteiger partial charge is 0.255 e. The van der Waals surface area contributed by atoms with E-state index in [4.69, 9.17) is 20.5 Å². The average molecular weight is 631 g/mol. The molecule has 0 saturated heterocycles. The van der Waals surface area contributed by atoms with Gasteiger partial charge < -0.3 is 35.6 Å². The van der Waals surface area contributed by atoms with E-state index in [-0.39, 0.29) is 30.2 Å². The molecule has 4 heterocycles. The van der Waals surface area contributed by atoms with E-state index in [0.717, 1.165) is 77.5 Å². The largest absolute Gasteiger partial charge is 0.497 e. The van der Waals surface area contributed by atoms with E-state index in [9.17, 15) is 9.59 Å². The molecule has 0 aromatic heterocycles. The summed E-state index contributed by atoms with van der Waals surface area (Å²) in [6, 6.07) is 27.5. The quantitative estimate of drug-likeness (QED) is 0.274. The van der Waals surface area contributed by atoms with Gasteiger partial charge in [-0.1, -0.05) is 48.5 Å². The van der Waals surface area contributed by atoms with E-state index in [0.29, 0.717) is 5.56 Å². The van der Waals surface area contributed by atoms with Crippen LogP contribution in [0.2, 0.25) is 0 Å². The van der Waals surface area contributed by atoms with Gasteiger partial charge in [-0.2, -0.15) is 0 Å². The molecule has 4 aliphatic heterocycles. The van der Waals surface area contributed by atoms with Crippen LogP contribution < -0.4 is 35.6 Å². The zero-order valence-corrected chi connectivity index (χ0v) is 26.5. The van der Waals surface area contributed by atoms with Gasteiger partial charge in [0, 0.05) is 25.7 Å². The van der Waals surface area contributed by atoms with Gasteiger partial charge in [0.2, 0.25) is 0 Å². The van der Waals surface area contributed by atoms with Crippen molar-refractivity contribution < 1.29 is 19.1 Å². The zero-order chi connectivity index (χ0) is 33.1. The summed E-state index contributed by atoms with van der Waals surface area (Å²) in [6.45, 7) is 5.28. The number of nitriles is 1. The van der Waals surface area contributed by atoms with Crippen molar-refractivity contribution in [1.29, 1.82) is 5.26 Å². The highest BCUT2D eigenvalue weighted by Gasteiger charge is 2.37. The number of methoxy groups -OCH3 is 2. The van der Waals surface area contributed by atoms with Gasteiger partial charge in [-0.15, -0.1) is 0 Å². The molecule has 4 N–H and O–H groups in total. The van der Waals surface area contributed by atoms with Crippen LogP contribution in [0.15, 0.2) is 84.9 Å². The summed E-state index contributed by atoms with van der Waals surface area (Å²) in [7, 11) is 3.30. The minimum absolute atomic E-state index is 0.0100. The molecule has 4 aliphatic rings. The molecule has 3 atom stereocenters. The van der Waals surface area contributed by atoms with Crippen molar-refractivity contribution >= 4 is 23.2 Å². The molecule has 0 radical (unpaired) electrons. The molecule has 2 amide bonds. The molecule has 0 fully saturated rings. The summed E-state index contributed by atoms with van der Waals surface area (Å²) in [4.78, 5) is 29.6. The second-order valence-corrected chi connectivity index (χ2v) is 11.7. The van der Waals surface area contributed by atoms with Crippen LogP contribution in [0.4, 0.5) is 11.4 Å². The third kappa shape index (κ3) is 5.82. The Morgan fingerprint density at radius 1 is 0.723 bits per heavy atom. The first-order valence-corrected chi connectivity index (χ1v) is 15.7. The molecule has 4 aromatic rings. The summed E-state index contributed by atoms with van der Waals surface area (Å²) in [5.74, 6) is 1.59. The van der Waals surface area contributed by atoms with E-state index < -0.39 is 0 Å². The fourth-order valence-corrected chi connectivity index (χ4v) is 6.95. The van der Waals surface area contributed by atoms with Crippen LogP contribution in [0.25, 0.3) is 0 Å². The van der Waals surface area contributed by atoms with Crippen LogP contribution in [0.1, 0.15) is 74.2 Å². The number of aryl methyl sites for hydroxylation is 1. The number of hydrogen-bond acceptors (Lipinski definition) is 8. The number of para-hydroxylation sites is 2. The molecule has 0 saturated carbocycles. The average Bonchev–Trinajstić information content (AvgIpc) is 3.13. The molecule has 10 nitrogen and oxygen atoms in total. The second-order valence-electron chi connectivity index (χ2n) is 11.7. The number of nitrogens with one attached hydrogen (secondary N) is 2. The normalized spacial score (nSPS) is 20.1. The number of nitrogens with zero attached hydrogens (tertiary/aromatic N) is 3. The van der Waals surface area contributed by atoms with Crippen molar-refractivity contribution in [2.24, 2.45) is 5.73 Å². The lowest BCUT2D eigenvalue weighted by Gasteiger charge is -2.44. The SMILES string of the molecule is C#N.COc1ccc([C@@H]2NC(=O)c3cccc4c3N2CCC4)cc1.COc1ccc([C@H]2NC(=O)c3cccc4c3N2CC[C@@H]4N)cc1. The van der Waals surface area contributed by atoms with E-state index in [2.05, 4.69) is 33.1 Å². The van der Waals surface area contributed by atoms with Crippen LogP contribution in [0.3, 0.4) is 0 Å². The Balaban J connectivity index is 0.000000156. The van der Waals surface area contributed by atoms with Crippen molar-refractivity contribution in [3.8, 4) is 18.1 Å². The monoisotopic (exact) mass is 630 g/mol. The number of carbonyl (C=O) groups is 2. The van der Waals surface area contributed by atoms with Gasteiger partial charge in [-0.25, -0.2) is 5.26 Å². The predicted molar refractivity (Wildman–Crippen MR) is 181 cm³/mol. The van der Waals surface area contributed by atoms with Crippen LogP contribution in [-0.2, 0) is 6.42 Å². The molecule has 10 heteroatoms. The van der Waals surface area contributed by atoms with E-state index in [1.165, 1.54) is 5.56 Å². The molecule has 4 aromatic carbocycles. The maximum atomic E-state index is 12.5. The first-order valence-electron chi connectivity index (χ1n) is 15.7. The van der Waals surface area contributed by atoms with E-state index in [1.54, 1.807) is 14.2 Å². The number of amides is 2. The number of ether oxygens (including phenoxy) is 2. The Morgan fingerprint density at radius 3 is 1.79 bits per heavy atom. The number of benzene rings is 4. The Morgan fingerprint density at radius 2 is 1.23 bits per heavy atom. The standard InChI is InChI=1S/C18H19N3O2.C18H18N2O2.CHN/c1-23-12-7-5-11(6-8-12)17-20-18(22)14-4-2-3-13-15(19)9-10-21(17)16(13)14;1-22-14-9-7-13(8-10-14)17-19-18(21)15-6-2-4-12-5-3-11-20(17)16(12)15;1-2/h2-8,15,17H,9-10,19H2,1H3,(H,20,22);2,4,6-10,17H,3,5,11H2,1H3,(H,19,21);1H/t15-,17-;17-;/m01./s1. The second kappa shape index (κ2) is 13.4. The summed E-state index contributed by atoms with van der Waals surface area (Å²) < 4.78 is 10.4. The third-order valence-electron chi connectivity index (χ3n) is 9.20. The van der Waals surface area contributed by atoms with Gasteiger partial charge in [0.05, 0.1) is 36.7 Å². The summed E-state index contributed by atoms with van der Waals surface area (Å²) in [5.41, 5.74) is 14.3. The fourth-order valence-electron chi connectivity index (χ4n) is 6.95. The van der Waals surface area contributed by atoms with Crippen molar-refractivity contribution in [3.05, 3.63) is 118 Å².